The number of likely N-dealkylation sites (tertiary alicyclic amines) is 2. The van der Waals surface area contributed by atoms with Crippen LogP contribution in [-0.4, -0.2) is 74.9 Å². The van der Waals surface area contributed by atoms with E-state index in [9.17, 15) is 4.79 Å². The van der Waals surface area contributed by atoms with E-state index in [-0.39, 0.29) is 11.8 Å². The van der Waals surface area contributed by atoms with E-state index in [0.29, 0.717) is 11.9 Å². The Labute approximate surface area is 181 Å². The molecule has 0 aromatic carbocycles. The predicted octanol–water partition coefficient (Wildman–Crippen LogP) is 1.28. The van der Waals surface area contributed by atoms with E-state index in [0.717, 1.165) is 75.2 Å². The zero-order valence-electron chi connectivity index (χ0n) is 17.9. The number of nitrogens with one attached hydrogen (secondary N) is 1. The van der Waals surface area contributed by atoms with Crippen molar-refractivity contribution < 1.29 is 9.63 Å². The van der Waals surface area contributed by atoms with Gasteiger partial charge < -0.3 is 15.5 Å². The van der Waals surface area contributed by atoms with Gasteiger partial charge in [-0.05, 0) is 38.8 Å². The van der Waals surface area contributed by atoms with E-state index in [1.54, 1.807) is 25.7 Å². The van der Waals surface area contributed by atoms with Gasteiger partial charge in [-0.25, -0.2) is 9.97 Å². The molecule has 2 aromatic rings. The van der Waals surface area contributed by atoms with Crippen LogP contribution in [0.1, 0.15) is 36.8 Å². The molecule has 166 valence electrons. The number of aromatic nitrogens is 4. The number of H-pyrrole nitrogens is 1. The highest BCUT2D eigenvalue weighted by atomic mass is 16.6. The van der Waals surface area contributed by atoms with Crippen LogP contribution in [-0.2, 0) is 16.2 Å². The molecule has 0 spiro atoms. The highest BCUT2D eigenvalue weighted by Gasteiger charge is 2.32. The van der Waals surface area contributed by atoms with Crippen LogP contribution in [0.3, 0.4) is 0 Å². The number of anilines is 1. The van der Waals surface area contributed by atoms with E-state index in [2.05, 4.69) is 30.2 Å². The fourth-order valence-corrected chi connectivity index (χ4v) is 4.53. The number of nitrogens with two attached hydrogens (primary N) is 1. The lowest BCUT2D eigenvalue weighted by molar-refractivity contribution is -0.138. The summed E-state index contributed by atoms with van der Waals surface area (Å²) >= 11 is 0. The summed E-state index contributed by atoms with van der Waals surface area (Å²) in [6.07, 6.45) is 10.7. The molecule has 2 fully saturated rings. The third kappa shape index (κ3) is 5.19. The Morgan fingerprint density at radius 3 is 2.42 bits per heavy atom. The van der Waals surface area contributed by atoms with Gasteiger partial charge in [-0.3, -0.25) is 14.8 Å². The molecule has 2 saturated heterocycles. The maximum atomic E-state index is 13.1. The largest absolute Gasteiger partial charge is 0.399 e. The number of carbonyl (C=O) groups excluding carboxylic acids is 1. The summed E-state index contributed by atoms with van der Waals surface area (Å²) in [6.45, 7) is 4.12. The minimum atomic E-state index is 0.108. The zero-order chi connectivity index (χ0) is 21.6. The number of nitrogens with zero attached hydrogens (tertiary/aromatic N) is 6. The van der Waals surface area contributed by atoms with Gasteiger partial charge in [-0.15, -0.1) is 0 Å². The number of rotatable bonds is 6. The summed E-state index contributed by atoms with van der Waals surface area (Å²) in [7, 11) is 1.56. The van der Waals surface area contributed by atoms with E-state index in [4.69, 9.17) is 10.6 Å². The summed E-state index contributed by atoms with van der Waals surface area (Å²) in [5.41, 5.74) is 8.46. The quantitative estimate of drug-likeness (QED) is 0.526. The van der Waals surface area contributed by atoms with Crippen LogP contribution in [0.5, 0.6) is 0 Å². The molecule has 1 amide bonds. The second-order valence-electron chi connectivity index (χ2n) is 8.25. The van der Waals surface area contributed by atoms with Crippen molar-refractivity contribution >= 4 is 17.6 Å². The van der Waals surface area contributed by atoms with Gasteiger partial charge in [0, 0.05) is 61.2 Å². The molecule has 10 nitrogen and oxygen atoms in total. The van der Waals surface area contributed by atoms with Crippen LogP contribution >= 0.6 is 0 Å². The summed E-state index contributed by atoms with van der Waals surface area (Å²) in [5, 5.41) is 11.1. The molecule has 0 aliphatic carbocycles. The molecule has 0 saturated carbocycles. The van der Waals surface area contributed by atoms with Gasteiger partial charge in [0.15, 0.2) is 0 Å². The van der Waals surface area contributed by atoms with Gasteiger partial charge in [0.05, 0.1) is 11.9 Å². The molecule has 10 heteroatoms. The second-order valence-corrected chi connectivity index (χ2v) is 8.25. The molecule has 2 aliphatic heterocycles. The smallest absolute Gasteiger partial charge is 0.225 e. The number of carbonyl (C=O) groups is 1. The van der Waals surface area contributed by atoms with Crippen molar-refractivity contribution in [1.29, 1.82) is 0 Å². The maximum Gasteiger partial charge on any atom is 0.225 e. The topological polar surface area (TPSA) is 126 Å². The molecule has 31 heavy (non-hydrogen) atoms. The molecule has 4 rings (SSSR count). The van der Waals surface area contributed by atoms with Crippen molar-refractivity contribution in [3.63, 3.8) is 0 Å². The standard InChI is InChI=1S/C21H30N8O2/c1-31-27-19(18-12-25-26-13-18)16-4-8-29(9-5-16)20(30)17-2-6-28(7-3-17)14-15-10-23-21(22)24-11-15/h10-13,16-17H,2-9,14H2,1H3,(H,25,26)(H2,22,23,24). The normalized spacial score (nSPS) is 19.5. The third-order valence-electron chi connectivity index (χ3n) is 6.25. The van der Waals surface area contributed by atoms with Crippen LogP contribution in [0.2, 0.25) is 0 Å². The van der Waals surface area contributed by atoms with Crippen molar-refractivity contribution in [2.75, 3.05) is 39.0 Å². The number of aromatic amines is 1. The molecular formula is C21H30N8O2. The molecule has 4 heterocycles. The summed E-state index contributed by atoms with van der Waals surface area (Å²) < 4.78 is 0. The Hall–Kier alpha value is -3.01. The minimum absolute atomic E-state index is 0.108. The van der Waals surface area contributed by atoms with Gasteiger partial charge in [0.1, 0.15) is 7.11 Å². The fraction of sp³-hybridized carbons (Fsp3) is 0.571. The van der Waals surface area contributed by atoms with Gasteiger partial charge in [0.2, 0.25) is 11.9 Å². The molecule has 0 radical (unpaired) electrons. The number of hydrogen-bond acceptors (Lipinski definition) is 8. The minimum Gasteiger partial charge on any atom is -0.399 e. The first-order valence-electron chi connectivity index (χ1n) is 10.8. The lowest BCUT2D eigenvalue weighted by Gasteiger charge is -2.37. The summed E-state index contributed by atoms with van der Waals surface area (Å²) in [4.78, 5) is 30.6. The Kier molecular flexibility index (Phi) is 6.76. The number of nitrogen functional groups attached to an aromatic ring is 1. The van der Waals surface area contributed by atoms with Gasteiger partial charge in [0.25, 0.3) is 0 Å². The summed E-state index contributed by atoms with van der Waals surface area (Å²) in [5.74, 6) is 0.965. The highest BCUT2D eigenvalue weighted by Crippen LogP contribution is 2.26. The average Bonchev–Trinajstić information content (AvgIpc) is 3.34. The Morgan fingerprint density at radius 1 is 1.13 bits per heavy atom. The lowest BCUT2D eigenvalue weighted by Crippen LogP contribution is -2.46. The van der Waals surface area contributed by atoms with Crippen LogP contribution in [0.4, 0.5) is 5.95 Å². The van der Waals surface area contributed by atoms with Gasteiger partial charge >= 0.3 is 0 Å². The van der Waals surface area contributed by atoms with Gasteiger partial charge in [-0.1, -0.05) is 5.16 Å². The zero-order valence-corrected chi connectivity index (χ0v) is 17.9. The molecule has 0 bridgehead atoms. The first kappa shape index (κ1) is 21.2. The average molecular weight is 427 g/mol. The lowest BCUT2D eigenvalue weighted by atomic mass is 9.88. The molecule has 0 unspecified atom stereocenters. The van der Waals surface area contributed by atoms with Crippen molar-refractivity contribution in [3.8, 4) is 0 Å². The van der Waals surface area contributed by atoms with Crippen LogP contribution in [0.25, 0.3) is 0 Å². The van der Waals surface area contributed by atoms with Crippen molar-refractivity contribution in [1.82, 2.24) is 30.0 Å². The van der Waals surface area contributed by atoms with E-state index >= 15 is 0 Å². The van der Waals surface area contributed by atoms with Crippen molar-refractivity contribution in [2.24, 2.45) is 17.0 Å². The van der Waals surface area contributed by atoms with Crippen LogP contribution in [0.15, 0.2) is 29.9 Å². The monoisotopic (exact) mass is 426 g/mol. The Bertz CT molecular complexity index is 867. The van der Waals surface area contributed by atoms with Crippen molar-refractivity contribution in [3.05, 3.63) is 35.9 Å². The Morgan fingerprint density at radius 2 is 1.81 bits per heavy atom. The van der Waals surface area contributed by atoms with E-state index in [1.165, 1.54) is 0 Å². The predicted molar refractivity (Wildman–Crippen MR) is 116 cm³/mol. The number of piperidine rings is 2. The maximum absolute atomic E-state index is 13.1. The van der Waals surface area contributed by atoms with Crippen LogP contribution in [0, 0.1) is 11.8 Å². The highest BCUT2D eigenvalue weighted by molar-refractivity contribution is 6.01. The first-order valence-corrected chi connectivity index (χ1v) is 10.8. The molecule has 3 N–H and O–H groups in total. The number of amides is 1. The number of hydrogen-bond donors (Lipinski definition) is 2. The molecule has 0 atom stereocenters. The van der Waals surface area contributed by atoms with Crippen molar-refractivity contribution in [2.45, 2.75) is 32.2 Å². The number of oxime groups is 1. The van der Waals surface area contributed by atoms with E-state index in [1.807, 2.05) is 11.1 Å². The fourth-order valence-electron chi connectivity index (χ4n) is 4.53. The SMILES string of the molecule is CON=C(c1cn[nH]c1)C1CCN(C(=O)C2CCN(Cc3cnc(N)nc3)CC2)CC1. The van der Waals surface area contributed by atoms with Gasteiger partial charge in [-0.2, -0.15) is 5.10 Å². The summed E-state index contributed by atoms with van der Waals surface area (Å²) in [6, 6.07) is 0. The third-order valence-corrected chi connectivity index (χ3v) is 6.25. The molecule has 2 aliphatic rings. The molecule has 2 aromatic heterocycles. The Balaban J connectivity index is 1.25. The molecular weight excluding hydrogens is 396 g/mol. The van der Waals surface area contributed by atoms with E-state index < -0.39 is 0 Å². The first-order chi connectivity index (χ1) is 15.1. The van der Waals surface area contributed by atoms with Crippen LogP contribution < -0.4 is 5.73 Å². The second kappa shape index (κ2) is 9.86.